The van der Waals surface area contributed by atoms with Crippen LogP contribution in [0.5, 0.6) is 0 Å². The molecular weight excluding hydrogens is 298 g/mol. The van der Waals surface area contributed by atoms with Crippen LogP contribution in [0.4, 0.5) is 19.7 Å². The van der Waals surface area contributed by atoms with Crippen LogP contribution in [0.3, 0.4) is 0 Å². The zero-order valence-electron chi connectivity index (χ0n) is 9.78. The average molecular weight is 307 g/mol. The van der Waals surface area contributed by atoms with Gasteiger partial charge in [0.1, 0.15) is 5.82 Å². The Bertz CT molecular complexity index is 411. The van der Waals surface area contributed by atoms with Crippen LogP contribution in [-0.2, 0) is 0 Å². The maximum Gasteiger partial charge on any atom is 1.00 e. The monoisotopic (exact) mass is 306 g/mol. The molecule has 3 N–H and O–H groups in total. The third-order valence-corrected chi connectivity index (χ3v) is 1.52. The molecule has 0 heterocycles. The van der Waals surface area contributed by atoms with Crippen molar-refractivity contribution in [2.24, 2.45) is 5.73 Å². The van der Waals surface area contributed by atoms with Gasteiger partial charge in [-0.2, -0.15) is 0 Å². The van der Waals surface area contributed by atoms with E-state index in [1.54, 1.807) is 0 Å². The van der Waals surface area contributed by atoms with Crippen molar-refractivity contribution < 1.29 is 45.0 Å². The number of thiol groups is 2. The Morgan fingerprint density at radius 1 is 1.41 bits per heavy atom. The van der Waals surface area contributed by atoms with E-state index in [0.29, 0.717) is 0 Å². The molecule has 0 atom stereocenters. The summed E-state index contributed by atoms with van der Waals surface area (Å²) in [6.07, 6.45) is 0. The van der Waals surface area contributed by atoms with E-state index in [2.05, 4.69) is 36.3 Å². The third-order valence-electron chi connectivity index (χ3n) is 1.17. The van der Waals surface area contributed by atoms with Gasteiger partial charge in [-0.25, -0.2) is 4.39 Å². The first-order valence-corrected chi connectivity index (χ1v) is 5.03. The van der Waals surface area contributed by atoms with E-state index in [1.165, 1.54) is 12.1 Å². The zero-order valence-corrected chi connectivity index (χ0v) is 13.3. The van der Waals surface area contributed by atoms with Gasteiger partial charge in [0.15, 0.2) is 0 Å². The fourth-order valence-corrected chi connectivity index (χ4v) is 0.985. The van der Waals surface area contributed by atoms with Crippen molar-refractivity contribution in [2.45, 2.75) is 0 Å². The molecule has 17 heavy (non-hydrogen) atoms. The number of hydrogen-bond donors (Lipinski definition) is 4. The van der Waals surface area contributed by atoms with E-state index in [1.807, 2.05) is 0 Å². The molecular formula is C8H9ClFN2NaO2S2. The summed E-state index contributed by atoms with van der Waals surface area (Å²) in [5.41, 5.74) is 4.41. The Morgan fingerprint density at radius 2 is 1.88 bits per heavy atom. The summed E-state index contributed by atoms with van der Waals surface area (Å²) in [5, 5.41) is 1.22. The first-order valence-electron chi connectivity index (χ1n) is 3.76. The molecule has 0 aromatic heterocycles. The number of amides is 2. The van der Waals surface area contributed by atoms with Gasteiger partial charge in [-0.3, -0.25) is 9.59 Å². The van der Waals surface area contributed by atoms with Crippen LogP contribution in [0.2, 0.25) is 5.02 Å². The van der Waals surface area contributed by atoms with Gasteiger partial charge in [0, 0.05) is 5.02 Å². The number of nitrogens with two attached hydrogens (primary N) is 1. The Morgan fingerprint density at radius 3 is 2.24 bits per heavy atom. The molecule has 0 radical (unpaired) electrons. The van der Waals surface area contributed by atoms with Gasteiger partial charge in [-0.15, -0.1) is 0 Å². The summed E-state index contributed by atoms with van der Waals surface area (Å²) in [7, 11) is 0. The van der Waals surface area contributed by atoms with Crippen molar-refractivity contribution in [3.8, 4) is 0 Å². The first-order chi connectivity index (χ1) is 7.32. The van der Waals surface area contributed by atoms with Gasteiger partial charge in [-0.05, 0) is 18.2 Å². The van der Waals surface area contributed by atoms with Crippen molar-refractivity contribution in [3.05, 3.63) is 29.0 Å². The topological polar surface area (TPSA) is 72.2 Å². The molecule has 0 saturated heterocycles. The van der Waals surface area contributed by atoms with Crippen LogP contribution >= 0.6 is 36.9 Å². The second-order valence-corrected chi connectivity index (χ2v) is 3.68. The molecule has 9 heteroatoms. The Hall–Kier alpha value is 0.0800. The van der Waals surface area contributed by atoms with Gasteiger partial charge in [0.05, 0.1) is 5.69 Å². The normalized spacial score (nSPS) is 8.24. The van der Waals surface area contributed by atoms with Gasteiger partial charge < -0.3 is 12.5 Å². The largest absolute Gasteiger partial charge is 1.00 e. The standard InChI is InChI=1S/C7H5ClFNOS.CH3NOS.Na.H/c8-4-1-2-6(5(9)3-4)10-7(11)12;2-1(3)4;;/h1-3H,(H2,10,11,12);(H3,2,3,4);;/q;;+1;-1. The molecule has 2 amide bonds. The molecule has 90 valence electrons. The third kappa shape index (κ3) is 10.9. The number of hydrogen-bond acceptors (Lipinski definition) is 2. The molecule has 0 fully saturated rings. The van der Waals surface area contributed by atoms with E-state index in [4.69, 9.17) is 16.4 Å². The van der Waals surface area contributed by atoms with Crippen LogP contribution in [0.25, 0.3) is 0 Å². The summed E-state index contributed by atoms with van der Waals surface area (Å²) in [4.78, 5) is 19.5. The van der Waals surface area contributed by atoms with Gasteiger partial charge >= 0.3 is 29.6 Å². The molecule has 4 nitrogen and oxygen atoms in total. The smallest absolute Gasteiger partial charge is 1.00 e. The van der Waals surface area contributed by atoms with Crippen molar-refractivity contribution in [1.29, 1.82) is 0 Å². The van der Waals surface area contributed by atoms with E-state index in [-0.39, 0.29) is 41.7 Å². The number of halogens is 2. The summed E-state index contributed by atoms with van der Waals surface area (Å²) in [6, 6.07) is 3.95. The molecule has 1 rings (SSSR count). The molecule has 0 aliphatic rings. The molecule has 0 saturated carbocycles. The predicted molar refractivity (Wildman–Crippen MR) is 69.1 cm³/mol. The van der Waals surface area contributed by atoms with Crippen molar-refractivity contribution in [3.63, 3.8) is 0 Å². The minimum atomic E-state index is -0.639. The number of carbonyl (C=O) groups is 2. The SMILES string of the molecule is NC(=O)S.O=C(S)Nc1ccc(Cl)cc1F.[H-].[Na+]. The number of benzene rings is 1. The quantitative estimate of drug-likeness (QED) is 0.437. The van der Waals surface area contributed by atoms with Gasteiger partial charge in [0.25, 0.3) is 10.5 Å². The molecule has 0 aliphatic heterocycles. The van der Waals surface area contributed by atoms with E-state index >= 15 is 0 Å². The van der Waals surface area contributed by atoms with E-state index in [0.717, 1.165) is 6.07 Å². The maximum atomic E-state index is 12.9. The summed E-state index contributed by atoms with van der Waals surface area (Å²) >= 11 is 12.0. The summed E-state index contributed by atoms with van der Waals surface area (Å²) in [6.45, 7) is 0. The van der Waals surface area contributed by atoms with Crippen LogP contribution in [0, 0.1) is 5.82 Å². The molecule has 0 unspecified atom stereocenters. The van der Waals surface area contributed by atoms with Crippen LogP contribution in [0.1, 0.15) is 1.43 Å². The fourth-order valence-electron chi connectivity index (χ4n) is 0.706. The number of nitrogens with one attached hydrogen (secondary N) is 1. The Balaban J connectivity index is -0.000000332. The molecule has 0 aliphatic carbocycles. The second kappa shape index (κ2) is 10.0. The summed E-state index contributed by atoms with van der Waals surface area (Å²) in [5.74, 6) is -0.579. The van der Waals surface area contributed by atoms with Crippen molar-refractivity contribution in [1.82, 2.24) is 0 Å². The molecule has 1 aromatic carbocycles. The van der Waals surface area contributed by atoms with Gasteiger partial charge in [0.2, 0.25) is 0 Å². The zero-order chi connectivity index (χ0) is 12.7. The van der Waals surface area contributed by atoms with Crippen molar-refractivity contribution in [2.75, 3.05) is 5.32 Å². The minimum absolute atomic E-state index is 0. The molecule has 0 spiro atoms. The number of anilines is 1. The second-order valence-electron chi connectivity index (χ2n) is 2.39. The fraction of sp³-hybridized carbons (Fsp3) is 0. The average Bonchev–Trinajstić information content (AvgIpc) is 2.08. The van der Waals surface area contributed by atoms with Crippen LogP contribution in [0.15, 0.2) is 18.2 Å². The van der Waals surface area contributed by atoms with Gasteiger partial charge in [-0.1, -0.05) is 36.9 Å². The van der Waals surface area contributed by atoms with Crippen LogP contribution in [-0.4, -0.2) is 10.5 Å². The number of rotatable bonds is 1. The predicted octanol–water partition coefficient (Wildman–Crippen LogP) is 0.0522. The van der Waals surface area contributed by atoms with E-state index in [9.17, 15) is 9.18 Å². The molecule has 1 aromatic rings. The van der Waals surface area contributed by atoms with Crippen molar-refractivity contribution >= 4 is 53.0 Å². The maximum absolute atomic E-state index is 12.9. The summed E-state index contributed by atoms with van der Waals surface area (Å²) < 4.78 is 12.9. The minimum Gasteiger partial charge on any atom is -1.00 e. The number of carbonyl (C=O) groups excluding carboxylic acids is 2. The Kier molecular flexibility index (Phi) is 11.5. The first kappa shape index (κ1) is 19.4. The van der Waals surface area contributed by atoms with E-state index < -0.39 is 16.3 Å². The molecule has 0 bridgehead atoms. The van der Waals surface area contributed by atoms with Crippen LogP contribution < -0.4 is 40.6 Å². The number of primary amides is 1. The Labute approximate surface area is 137 Å².